The van der Waals surface area contributed by atoms with Crippen LogP contribution in [0.3, 0.4) is 0 Å². The van der Waals surface area contributed by atoms with Gasteiger partial charge in [-0.15, -0.1) is 11.3 Å². The Balaban J connectivity index is 1.51. The Labute approximate surface area is 140 Å². The van der Waals surface area contributed by atoms with Crippen LogP contribution in [0, 0.1) is 11.3 Å². The van der Waals surface area contributed by atoms with E-state index in [0.717, 1.165) is 42.9 Å². The smallest absolute Gasteiger partial charge is 0.224 e. The zero-order valence-corrected chi connectivity index (χ0v) is 13.8. The van der Waals surface area contributed by atoms with Gasteiger partial charge >= 0.3 is 0 Å². The van der Waals surface area contributed by atoms with E-state index in [2.05, 4.69) is 27.8 Å². The van der Waals surface area contributed by atoms with E-state index in [9.17, 15) is 4.79 Å². The first-order valence-electron chi connectivity index (χ1n) is 8.24. The second-order valence-corrected chi connectivity index (χ2v) is 7.52. The Morgan fingerprint density at radius 1 is 1.30 bits per heavy atom. The molecular formula is C18H21N3OS. The number of piperidine rings is 1. The lowest BCUT2D eigenvalue weighted by atomic mass is 9.91. The van der Waals surface area contributed by atoms with E-state index in [1.54, 1.807) is 17.5 Å². The molecule has 1 spiro atoms. The number of benzene rings is 1. The van der Waals surface area contributed by atoms with Gasteiger partial charge in [-0.2, -0.15) is 0 Å². The molecule has 1 aliphatic heterocycles. The van der Waals surface area contributed by atoms with Crippen molar-refractivity contribution < 1.29 is 4.79 Å². The fourth-order valence-electron chi connectivity index (χ4n) is 3.75. The Bertz CT molecular complexity index is 665. The summed E-state index contributed by atoms with van der Waals surface area (Å²) < 4.78 is 0. The molecule has 120 valence electrons. The third-order valence-corrected chi connectivity index (χ3v) is 6.06. The fourth-order valence-corrected chi connectivity index (χ4v) is 4.46. The van der Waals surface area contributed by atoms with Gasteiger partial charge in [0.1, 0.15) is 11.0 Å². The van der Waals surface area contributed by atoms with Gasteiger partial charge < -0.3 is 10.6 Å². The lowest BCUT2D eigenvalue weighted by Crippen LogP contribution is -2.35. The molecule has 2 N–H and O–H groups in total. The fraction of sp³-hybridized carbons (Fsp3) is 0.444. The minimum absolute atomic E-state index is 0.136. The molecule has 1 aromatic heterocycles. The second kappa shape index (κ2) is 6.06. The van der Waals surface area contributed by atoms with E-state index in [-0.39, 0.29) is 23.3 Å². The summed E-state index contributed by atoms with van der Waals surface area (Å²) in [4.78, 5) is 17.2. The number of carbonyl (C=O) groups is 1. The van der Waals surface area contributed by atoms with Crippen molar-refractivity contribution in [3.05, 3.63) is 52.5 Å². The van der Waals surface area contributed by atoms with Crippen LogP contribution in [0.4, 0.5) is 0 Å². The van der Waals surface area contributed by atoms with Gasteiger partial charge in [0.25, 0.3) is 0 Å². The van der Waals surface area contributed by atoms with Gasteiger partial charge in [0.15, 0.2) is 0 Å². The maximum atomic E-state index is 12.8. The van der Waals surface area contributed by atoms with Crippen molar-refractivity contribution in [2.45, 2.75) is 25.3 Å². The summed E-state index contributed by atoms with van der Waals surface area (Å²) >= 11 is 1.59. The van der Waals surface area contributed by atoms with Crippen molar-refractivity contribution >= 4 is 17.2 Å². The molecule has 0 bridgehead atoms. The number of aromatic nitrogens is 1. The zero-order valence-electron chi connectivity index (χ0n) is 13.0. The van der Waals surface area contributed by atoms with E-state index in [4.69, 9.17) is 0 Å². The number of hydrogen-bond acceptors (Lipinski definition) is 4. The molecule has 1 saturated carbocycles. The third kappa shape index (κ3) is 2.91. The molecule has 2 aromatic rings. The highest BCUT2D eigenvalue weighted by atomic mass is 32.1. The van der Waals surface area contributed by atoms with Crippen LogP contribution >= 0.6 is 11.3 Å². The predicted octanol–water partition coefficient (Wildman–Crippen LogP) is 2.74. The summed E-state index contributed by atoms with van der Waals surface area (Å²) in [5, 5.41) is 9.56. The first-order valence-corrected chi connectivity index (χ1v) is 9.12. The number of hydrogen-bond donors (Lipinski definition) is 2. The van der Waals surface area contributed by atoms with E-state index in [0.29, 0.717) is 0 Å². The summed E-state index contributed by atoms with van der Waals surface area (Å²) in [6.45, 7) is 2.08. The molecule has 2 unspecified atom stereocenters. The monoisotopic (exact) mass is 327 g/mol. The van der Waals surface area contributed by atoms with E-state index in [1.165, 1.54) is 0 Å². The van der Waals surface area contributed by atoms with Crippen LogP contribution < -0.4 is 10.6 Å². The SMILES string of the molecule is O=C(NC(c1ccccc1)c1nccs1)C1CC12CCNCC2. The van der Waals surface area contributed by atoms with Crippen LogP contribution in [0.25, 0.3) is 0 Å². The first kappa shape index (κ1) is 14.8. The Hall–Kier alpha value is -1.72. The topological polar surface area (TPSA) is 54.0 Å². The van der Waals surface area contributed by atoms with Gasteiger partial charge in [-0.3, -0.25) is 4.79 Å². The van der Waals surface area contributed by atoms with Crippen molar-refractivity contribution in [2.24, 2.45) is 11.3 Å². The first-order chi connectivity index (χ1) is 11.3. The number of rotatable bonds is 4. The quantitative estimate of drug-likeness (QED) is 0.908. The molecule has 1 aliphatic carbocycles. The second-order valence-electron chi connectivity index (χ2n) is 6.59. The van der Waals surface area contributed by atoms with E-state index >= 15 is 0 Å². The van der Waals surface area contributed by atoms with E-state index < -0.39 is 0 Å². The van der Waals surface area contributed by atoms with Crippen molar-refractivity contribution in [3.8, 4) is 0 Å². The van der Waals surface area contributed by atoms with Crippen molar-refractivity contribution in [3.63, 3.8) is 0 Å². The maximum Gasteiger partial charge on any atom is 0.224 e. The molecule has 5 heteroatoms. The molecule has 2 aliphatic rings. The van der Waals surface area contributed by atoms with Gasteiger partial charge in [-0.25, -0.2) is 4.98 Å². The summed E-state index contributed by atoms with van der Waals surface area (Å²) in [6, 6.07) is 9.98. The highest BCUT2D eigenvalue weighted by molar-refractivity contribution is 7.09. The molecule has 23 heavy (non-hydrogen) atoms. The maximum absolute atomic E-state index is 12.8. The third-order valence-electron chi connectivity index (χ3n) is 5.22. The number of nitrogens with one attached hydrogen (secondary N) is 2. The molecule has 4 rings (SSSR count). The van der Waals surface area contributed by atoms with Crippen molar-refractivity contribution in [1.29, 1.82) is 0 Å². The van der Waals surface area contributed by atoms with Crippen molar-refractivity contribution in [1.82, 2.24) is 15.6 Å². The summed E-state index contributed by atoms with van der Waals surface area (Å²) in [5.41, 5.74) is 1.36. The van der Waals surface area contributed by atoms with Crippen LogP contribution in [-0.4, -0.2) is 24.0 Å². The summed E-state index contributed by atoms with van der Waals surface area (Å²) in [7, 11) is 0. The minimum Gasteiger partial charge on any atom is -0.342 e. The van der Waals surface area contributed by atoms with Gasteiger partial charge in [0.2, 0.25) is 5.91 Å². The highest BCUT2D eigenvalue weighted by Gasteiger charge is 2.57. The van der Waals surface area contributed by atoms with Crippen molar-refractivity contribution in [2.75, 3.05) is 13.1 Å². The lowest BCUT2D eigenvalue weighted by Gasteiger charge is -2.24. The Morgan fingerprint density at radius 2 is 2.09 bits per heavy atom. The Kier molecular flexibility index (Phi) is 3.91. The molecular weight excluding hydrogens is 306 g/mol. The normalized spacial score (nSPS) is 23.4. The molecule has 1 amide bonds. The molecule has 2 fully saturated rings. The highest BCUT2D eigenvalue weighted by Crippen LogP contribution is 2.58. The molecule has 1 saturated heterocycles. The minimum atomic E-state index is -0.136. The molecule has 1 aromatic carbocycles. The van der Waals surface area contributed by atoms with E-state index in [1.807, 2.05) is 23.6 Å². The van der Waals surface area contributed by atoms with Gasteiger partial charge in [0, 0.05) is 17.5 Å². The number of carbonyl (C=O) groups excluding carboxylic acids is 1. The van der Waals surface area contributed by atoms with Crippen LogP contribution in [0.1, 0.15) is 35.9 Å². The molecule has 2 atom stereocenters. The van der Waals surface area contributed by atoms with Gasteiger partial charge in [0.05, 0.1) is 0 Å². The summed E-state index contributed by atoms with van der Waals surface area (Å²) in [6.07, 6.45) is 5.09. The lowest BCUT2D eigenvalue weighted by molar-refractivity contribution is -0.123. The predicted molar refractivity (Wildman–Crippen MR) is 91.2 cm³/mol. The average molecular weight is 327 g/mol. The van der Waals surface area contributed by atoms with Crippen LogP contribution in [0.2, 0.25) is 0 Å². The number of amides is 1. The van der Waals surface area contributed by atoms with Crippen LogP contribution in [0.15, 0.2) is 41.9 Å². The molecule has 2 heterocycles. The van der Waals surface area contributed by atoms with Gasteiger partial charge in [-0.1, -0.05) is 30.3 Å². The Morgan fingerprint density at radius 3 is 2.78 bits per heavy atom. The molecule has 4 nitrogen and oxygen atoms in total. The standard InChI is InChI=1S/C18H21N3OS/c22-16(14-12-18(14)6-8-19-9-7-18)21-15(17-20-10-11-23-17)13-4-2-1-3-5-13/h1-5,10-11,14-15,19H,6-9,12H2,(H,21,22). The number of thiazole rings is 1. The average Bonchev–Trinajstić information content (AvgIpc) is 3.04. The van der Waals surface area contributed by atoms with Crippen LogP contribution in [-0.2, 0) is 4.79 Å². The van der Waals surface area contributed by atoms with Gasteiger partial charge in [-0.05, 0) is 43.3 Å². The largest absolute Gasteiger partial charge is 0.342 e. The van der Waals surface area contributed by atoms with Crippen LogP contribution in [0.5, 0.6) is 0 Å². The summed E-state index contributed by atoms with van der Waals surface area (Å²) in [5.74, 6) is 0.367. The molecule has 0 radical (unpaired) electrons. The number of nitrogens with zero attached hydrogens (tertiary/aromatic N) is 1. The zero-order chi connectivity index (χ0) is 15.7.